The fourth-order valence-corrected chi connectivity index (χ4v) is 2.47. The minimum atomic E-state index is -4.67. The fraction of sp³-hybridized carbons (Fsp3) is 0.562. The number of amides is 2. The van der Waals surface area contributed by atoms with Crippen molar-refractivity contribution >= 4 is 6.03 Å². The van der Waals surface area contributed by atoms with Crippen LogP contribution in [0, 0.1) is 0 Å². The zero-order valence-electron chi connectivity index (χ0n) is 13.2. The van der Waals surface area contributed by atoms with Gasteiger partial charge < -0.3 is 20.1 Å². The standard InChI is InChI=1S/C16H21F3N2O3/c17-16(18,19)15(23)6-9-21(10-7-15)14(22)20-8-11-24-12-13-4-2-1-3-5-13/h1-5,23H,6-12H2,(H,20,22). The van der Waals surface area contributed by atoms with Gasteiger partial charge in [0.15, 0.2) is 5.60 Å². The quantitative estimate of drug-likeness (QED) is 0.805. The number of halogens is 3. The summed E-state index contributed by atoms with van der Waals surface area (Å²) in [4.78, 5) is 13.2. The van der Waals surface area contributed by atoms with E-state index in [1.165, 1.54) is 4.90 Å². The average Bonchev–Trinajstić information content (AvgIpc) is 2.55. The molecule has 1 heterocycles. The highest BCUT2D eigenvalue weighted by Crippen LogP contribution is 2.38. The first-order valence-corrected chi connectivity index (χ1v) is 7.75. The molecule has 0 saturated carbocycles. The molecule has 2 rings (SSSR count). The van der Waals surface area contributed by atoms with Gasteiger partial charge >= 0.3 is 12.2 Å². The predicted octanol–water partition coefficient (Wildman–Crippen LogP) is 2.30. The van der Waals surface area contributed by atoms with Crippen LogP contribution >= 0.6 is 0 Å². The fourth-order valence-electron chi connectivity index (χ4n) is 2.47. The molecule has 1 aromatic carbocycles. The van der Waals surface area contributed by atoms with Gasteiger partial charge in [-0.1, -0.05) is 30.3 Å². The van der Waals surface area contributed by atoms with Crippen LogP contribution in [0.25, 0.3) is 0 Å². The Morgan fingerprint density at radius 2 is 1.88 bits per heavy atom. The maximum Gasteiger partial charge on any atom is 0.417 e. The van der Waals surface area contributed by atoms with Crippen LogP contribution in [-0.2, 0) is 11.3 Å². The minimum absolute atomic E-state index is 0.132. The highest BCUT2D eigenvalue weighted by molar-refractivity contribution is 5.74. The number of aliphatic hydroxyl groups is 1. The number of benzene rings is 1. The highest BCUT2D eigenvalue weighted by atomic mass is 19.4. The van der Waals surface area contributed by atoms with Crippen LogP contribution in [0.3, 0.4) is 0 Å². The van der Waals surface area contributed by atoms with Crippen molar-refractivity contribution in [2.75, 3.05) is 26.2 Å². The molecule has 24 heavy (non-hydrogen) atoms. The van der Waals surface area contributed by atoms with Crippen molar-refractivity contribution in [2.45, 2.75) is 31.2 Å². The van der Waals surface area contributed by atoms with Crippen molar-refractivity contribution in [1.82, 2.24) is 10.2 Å². The van der Waals surface area contributed by atoms with E-state index in [4.69, 9.17) is 4.74 Å². The van der Waals surface area contributed by atoms with Crippen LogP contribution in [-0.4, -0.2) is 54.1 Å². The number of piperidine rings is 1. The van der Waals surface area contributed by atoms with E-state index in [1.807, 2.05) is 30.3 Å². The Labute approximate surface area is 138 Å². The third-order valence-corrected chi connectivity index (χ3v) is 4.04. The topological polar surface area (TPSA) is 61.8 Å². The summed E-state index contributed by atoms with van der Waals surface area (Å²) in [5, 5.41) is 12.2. The Bertz CT molecular complexity index is 529. The number of urea groups is 1. The Balaban J connectivity index is 1.64. The molecule has 0 unspecified atom stereocenters. The van der Waals surface area contributed by atoms with Gasteiger partial charge in [-0.2, -0.15) is 13.2 Å². The number of hydrogen-bond donors (Lipinski definition) is 2. The second kappa shape index (κ2) is 7.85. The van der Waals surface area contributed by atoms with Crippen LogP contribution in [0.1, 0.15) is 18.4 Å². The van der Waals surface area contributed by atoms with Crippen molar-refractivity contribution in [1.29, 1.82) is 0 Å². The first-order valence-electron chi connectivity index (χ1n) is 7.75. The number of carbonyl (C=O) groups excluding carboxylic acids is 1. The molecule has 1 aliphatic heterocycles. The van der Waals surface area contributed by atoms with Crippen molar-refractivity contribution in [3.63, 3.8) is 0 Å². The minimum Gasteiger partial charge on any atom is -0.380 e. The number of ether oxygens (including phenoxy) is 1. The summed E-state index contributed by atoms with van der Waals surface area (Å²) in [5.74, 6) is 0. The van der Waals surface area contributed by atoms with Gasteiger partial charge in [-0.25, -0.2) is 4.79 Å². The van der Waals surface area contributed by atoms with Gasteiger partial charge in [0, 0.05) is 32.5 Å². The second-order valence-corrected chi connectivity index (χ2v) is 5.79. The summed E-state index contributed by atoms with van der Waals surface area (Å²) in [6.07, 6.45) is -5.68. The van der Waals surface area contributed by atoms with Crippen molar-refractivity contribution in [3.8, 4) is 0 Å². The van der Waals surface area contributed by atoms with E-state index in [9.17, 15) is 23.1 Å². The van der Waals surface area contributed by atoms with Gasteiger partial charge in [-0.05, 0) is 5.56 Å². The molecular formula is C16H21F3N2O3. The lowest BCUT2D eigenvalue weighted by molar-refractivity contribution is -0.271. The molecule has 0 aromatic heterocycles. The molecule has 8 heteroatoms. The summed E-state index contributed by atoms with van der Waals surface area (Å²) in [6, 6.07) is 9.12. The number of carbonyl (C=O) groups is 1. The number of hydrogen-bond acceptors (Lipinski definition) is 3. The van der Waals surface area contributed by atoms with Crippen molar-refractivity contribution < 1.29 is 27.8 Å². The molecule has 1 saturated heterocycles. The highest BCUT2D eigenvalue weighted by Gasteiger charge is 2.54. The molecular weight excluding hydrogens is 325 g/mol. The predicted molar refractivity (Wildman–Crippen MR) is 81.3 cm³/mol. The molecule has 0 aliphatic carbocycles. The summed E-state index contributed by atoms with van der Waals surface area (Å²) in [6.45, 7) is 0.741. The van der Waals surface area contributed by atoms with Gasteiger partial charge in [0.2, 0.25) is 0 Å². The van der Waals surface area contributed by atoms with E-state index < -0.39 is 30.7 Å². The van der Waals surface area contributed by atoms with E-state index in [-0.39, 0.29) is 19.6 Å². The van der Waals surface area contributed by atoms with Gasteiger partial charge in [0.1, 0.15) is 0 Å². The first-order chi connectivity index (χ1) is 11.3. The van der Waals surface area contributed by atoms with Crippen molar-refractivity contribution in [3.05, 3.63) is 35.9 Å². The second-order valence-electron chi connectivity index (χ2n) is 5.79. The lowest BCUT2D eigenvalue weighted by atomic mass is 9.91. The lowest BCUT2D eigenvalue weighted by Crippen LogP contribution is -2.56. The number of nitrogens with one attached hydrogen (secondary N) is 1. The smallest absolute Gasteiger partial charge is 0.380 e. The molecule has 0 spiro atoms. The van der Waals surface area contributed by atoms with Crippen LogP contribution in [0.15, 0.2) is 30.3 Å². The molecule has 1 fully saturated rings. The van der Waals surface area contributed by atoms with E-state index >= 15 is 0 Å². The molecule has 5 nitrogen and oxygen atoms in total. The molecule has 1 aliphatic rings. The number of likely N-dealkylation sites (tertiary alicyclic amines) is 1. The molecule has 2 amide bonds. The van der Waals surface area contributed by atoms with E-state index in [2.05, 4.69) is 5.32 Å². The van der Waals surface area contributed by atoms with Crippen LogP contribution < -0.4 is 5.32 Å². The van der Waals surface area contributed by atoms with Gasteiger partial charge in [0.05, 0.1) is 13.2 Å². The van der Waals surface area contributed by atoms with E-state index in [0.29, 0.717) is 13.2 Å². The first kappa shape index (κ1) is 18.5. The average molecular weight is 346 g/mol. The van der Waals surface area contributed by atoms with Gasteiger partial charge in [-0.15, -0.1) is 0 Å². The number of alkyl halides is 3. The molecule has 1 aromatic rings. The van der Waals surface area contributed by atoms with E-state index in [1.54, 1.807) is 0 Å². The molecule has 0 atom stereocenters. The number of nitrogens with zero attached hydrogens (tertiary/aromatic N) is 1. The molecule has 134 valence electrons. The van der Waals surface area contributed by atoms with Crippen LogP contribution in [0.5, 0.6) is 0 Å². The Morgan fingerprint density at radius 1 is 1.25 bits per heavy atom. The number of rotatable bonds is 5. The molecule has 0 radical (unpaired) electrons. The zero-order chi connectivity index (χ0) is 17.6. The lowest BCUT2D eigenvalue weighted by Gasteiger charge is -2.38. The monoisotopic (exact) mass is 346 g/mol. The van der Waals surface area contributed by atoms with E-state index in [0.717, 1.165) is 5.56 Å². The largest absolute Gasteiger partial charge is 0.417 e. The SMILES string of the molecule is O=C(NCCOCc1ccccc1)N1CCC(O)(C(F)(F)F)CC1. The van der Waals surface area contributed by atoms with Crippen LogP contribution in [0.2, 0.25) is 0 Å². The zero-order valence-corrected chi connectivity index (χ0v) is 13.2. The Hall–Kier alpha value is -1.80. The van der Waals surface area contributed by atoms with Gasteiger partial charge in [-0.3, -0.25) is 0 Å². The third kappa shape index (κ3) is 4.85. The summed E-state index contributed by atoms with van der Waals surface area (Å²) in [5.41, 5.74) is -1.67. The third-order valence-electron chi connectivity index (χ3n) is 4.04. The van der Waals surface area contributed by atoms with Crippen LogP contribution in [0.4, 0.5) is 18.0 Å². The Kier molecular flexibility index (Phi) is 6.06. The summed E-state index contributed by atoms with van der Waals surface area (Å²) in [7, 11) is 0. The maximum absolute atomic E-state index is 12.7. The molecule has 2 N–H and O–H groups in total. The van der Waals surface area contributed by atoms with Crippen molar-refractivity contribution in [2.24, 2.45) is 0 Å². The van der Waals surface area contributed by atoms with Gasteiger partial charge in [0.25, 0.3) is 0 Å². The Morgan fingerprint density at radius 3 is 2.46 bits per heavy atom. The summed E-state index contributed by atoms with van der Waals surface area (Å²) < 4.78 is 43.5. The maximum atomic E-state index is 12.7. The normalized spacial score (nSPS) is 17.6. The molecule has 0 bridgehead atoms. The summed E-state index contributed by atoms with van der Waals surface area (Å²) >= 11 is 0.